The average molecular weight is 573 g/mol. The van der Waals surface area contributed by atoms with Crippen molar-refractivity contribution in [1.82, 2.24) is 19.0 Å². The lowest BCUT2D eigenvalue weighted by molar-refractivity contribution is 0.0398. The molecule has 10 nitrogen and oxygen atoms in total. The van der Waals surface area contributed by atoms with E-state index >= 15 is 0 Å². The number of ether oxygens (including phenoxy) is 1. The zero-order valence-electron chi connectivity index (χ0n) is 21.9. The fourth-order valence-corrected chi connectivity index (χ4v) is 6.84. The molecule has 2 saturated heterocycles. The number of rotatable bonds is 8. The van der Waals surface area contributed by atoms with Gasteiger partial charge in [0.15, 0.2) is 0 Å². The van der Waals surface area contributed by atoms with Crippen molar-refractivity contribution < 1.29 is 13.2 Å². The molecule has 208 valence electrons. The van der Waals surface area contributed by atoms with Crippen molar-refractivity contribution in [2.24, 2.45) is 0 Å². The Hall–Kier alpha value is -2.96. The number of hydrogen-bond donors (Lipinski definition) is 1. The number of hydrogen-bond acceptors (Lipinski definition) is 8. The Labute approximate surface area is 233 Å². The van der Waals surface area contributed by atoms with E-state index in [2.05, 4.69) is 15.3 Å². The van der Waals surface area contributed by atoms with E-state index in [0.717, 1.165) is 19.6 Å². The number of nitrogens with zero attached hydrogens (tertiary/aromatic N) is 5. The first-order chi connectivity index (χ1) is 18.9. The van der Waals surface area contributed by atoms with Crippen LogP contribution in [0.25, 0.3) is 5.69 Å². The molecule has 0 aliphatic carbocycles. The van der Waals surface area contributed by atoms with Crippen LogP contribution in [-0.2, 0) is 14.8 Å². The molecule has 0 spiro atoms. The van der Waals surface area contributed by atoms with E-state index in [1.165, 1.54) is 8.99 Å². The van der Waals surface area contributed by atoms with Gasteiger partial charge in [-0.05, 0) is 36.8 Å². The molecular weight excluding hydrogens is 540 g/mol. The second-order valence-electron chi connectivity index (χ2n) is 9.59. The van der Waals surface area contributed by atoms with Gasteiger partial charge in [-0.15, -0.1) is 0 Å². The molecule has 0 atom stereocenters. The molecule has 2 aromatic carbocycles. The Morgan fingerprint density at radius 1 is 0.974 bits per heavy atom. The molecule has 3 aromatic rings. The van der Waals surface area contributed by atoms with Gasteiger partial charge in [0.2, 0.25) is 10.0 Å². The third kappa shape index (κ3) is 5.97. The molecular formula is C27H33ClN6O4S. The number of aromatic nitrogens is 2. The summed E-state index contributed by atoms with van der Waals surface area (Å²) in [7, 11) is -3.70. The van der Waals surface area contributed by atoms with Gasteiger partial charge in [0.25, 0.3) is 5.56 Å². The second-order valence-corrected chi connectivity index (χ2v) is 11.9. The fraction of sp³-hybridized carbons (Fsp3) is 0.407. The molecule has 1 N–H and O–H groups in total. The summed E-state index contributed by atoms with van der Waals surface area (Å²) in [6, 6.07) is 14.2. The minimum Gasteiger partial charge on any atom is -0.379 e. The highest BCUT2D eigenvalue weighted by Gasteiger charge is 2.31. The summed E-state index contributed by atoms with van der Waals surface area (Å²) in [5.41, 5.74) is 2.11. The van der Waals surface area contributed by atoms with Gasteiger partial charge in [-0.3, -0.25) is 9.69 Å². The van der Waals surface area contributed by atoms with Gasteiger partial charge in [0.1, 0.15) is 5.69 Å². The molecule has 0 saturated carbocycles. The van der Waals surface area contributed by atoms with E-state index in [0.29, 0.717) is 60.5 Å². The highest BCUT2D eigenvalue weighted by molar-refractivity contribution is 7.89. The summed E-state index contributed by atoms with van der Waals surface area (Å²) in [5, 5.41) is 8.26. The van der Waals surface area contributed by atoms with E-state index < -0.39 is 10.0 Å². The van der Waals surface area contributed by atoms with Gasteiger partial charge in [0, 0.05) is 57.4 Å². The Balaban J connectivity index is 1.37. The minimum atomic E-state index is -3.70. The quantitative estimate of drug-likeness (QED) is 0.439. The van der Waals surface area contributed by atoms with E-state index in [1.807, 2.05) is 35.2 Å². The molecule has 0 amide bonds. The normalized spacial score (nSPS) is 17.3. The molecule has 12 heteroatoms. The second kappa shape index (κ2) is 12.1. The monoisotopic (exact) mass is 572 g/mol. The van der Waals surface area contributed by atoms with Gasteiger partial charge in [-0.25, -0.2) is 8.42 Å². The molecule has 2 aliphatic heterocycles. The number of benzene rings is 2. The number of nitrogens with one attached hydrogen (secondary N) is 1. The average Bonchev–Trinajstić information content (AvgIpc) is 2.96. The van der Waals surface area contributed by atoms with Crippen LogP contribution in [0.5, 0.6) is 0 Å². The molecule has 2 aliphatic rings. The van der Waals surface area contributed by atoms with Crippen LogP contribution in [0.3, 0.4) is 0 Å². The third-order valence-corrected chi connectivity index (χ3v) is 9.66. The number of halogens is 1. The van der Waals surface area contributed by atoms with E-state index in [4.69, 9.17) is 16.3 Å². The summed E-state index contributed by atoms with van der Waals surface area (Å²) in [6.07, 6.45) is 1.69. The van der Waals surface area contributed by atoms with Crippen molar-refractivity contribution in [3.8, 4) is 5.69 Å². The standard InChI is InChI=1S/C27H33ClN6O4S/c1-21-23(28)8-5-9-25(21)39(36,37)33-14-12-32(13-15-33)24-20-30-34(22-6-3-2-4-7-22)27(35)26(24)29-10-11-31-16-18-38-19-17-31/h2-9,20,29H,10-19H2,1H3. The Bertz CT molecular complexity index is 1450. The highest BCUT2D eigenvalue weighted by atomic mass is 35.5. The molecule has 3 heterocycles. The number of anilines is 2. The Morgan fingerprint density at radius 3 is 2.41 bits per heavy atom. The highest BCUT2D eigenvalue weighted by Crippen LogP contribution is 2.28. The van der Waals surface area contributed by atoms with E-state index in [9.17, 15) is 13.2 Å². The Kier molecular flexibility index (Phi) is 8.53. The van der Waals surface area contributed by atoms with Crippen molar-refractivity contribution >= 4 is 33.0 Å². The number of piperazine rings is 1. The molecule has 1 aromatic heterocycles. The number of morpholine rings is 1. The predicted octanol–water partition coefficient (Wildman–Crippen LogP) is 2.45. The molecule has 2 fully saturated rings. The van der Waals surface area contributed by atoms with E-state index in [1.54, 1.807) is 31.3 Å². The Morgan fingerprint density at radius 2 is 1.69 bits per heavy atom. The summed E-state index contributed by atoms with van der Waals surface area (Å²) < 4.78 is 35.1. The first kappa shape index (κ1) is 27.6. The summed E-state index contributed by atoms with van der Waals surface area (Å²) in [5.74, 6) is 0. The summed E-state index contributed by atoms with van der Waals surface area (Å²) in [6.45, 7) is 7.64. The van der Waals surface area contributed by atoms with Crippen molar-refractivity contribution in [2.45, 2.75) is 11.8 Å². The molecule has 0 unspecified atom stereocenters. The van der Waals surface area contributed by atoms with Crippen molar-refractivity contribution in [1.29, 1.82) is 0 Å². The van der Waals surface area contributed by atoms with Crippen LogP contribution in [0.15, 0.2) is 64.4 Å². The predicted molar refractivity (Wildman–Crippen MR) is 153 cm³/mol. The SMILES string of the molecule is Cc1c(Cl)cccc1S(=O)(=O)N1CCN(c2cnn(-c3ccccc3)c(=O)c2NCCN2CCOCC2)CC1. The summed E-state index contributed by atoms with van der Waals surface area (Å²) in [4.78, 5) is 18.2. The molecule has 0 radical (unpaired) electrons. The van der Waals surface area contributed by atoms with Crippen molar-refractivity contribution in [3.63, 3.8) is 0 Å². The largest absolute Gasteiger partial charge is 0.379 e. The zero-order valence-corrected chi connectivity index (χ0v) is 23.5. The van der Waals surface area contributed by atoms with Gasteiger partial charge in [-0.2, -0.15) is 14.1 Å². The number of para-hydroxylation sites is 1. The van der Waals surface area contributed by atoms with Crippen LogP contribution in [0.4, 0.5) is 11.4 Å². The maximum atomic E-state index is 13.7. The van der Waals surface area contributed by atoms with Crippen LogP contribution in [0.1, 0.15) is 5.56 Å². The van der Waals surface area contributed by atoms with Crippen LogP contribution in [-0.4, -0.2) is 93.0 Å². The number of sulfonamides is 1. The summed E-state index contributed by atoms with van der Waals surface area (Å²) >= 11 is 6.20. The fourth-order valence-electron chi connectivity index (χ4n) is 4.94. The van der Waals surface area contributed by atoms with Gasteiger partial charge >= 0.3 is 0 Å². The zero-order chi connectivity index (χ0) is 27.4. The van der Waals surface area contributed by atoms with Crippen LogP contribution in [0, 0.1) is 6.92 Å². The van der Waals surface area contributed by atoms with Gasteiger partial charge < -0.3 is 15.0 Å². The van der Waals surface area contributed by atoms with Gasteiger partial charge in [-0.1, -0.05) is 35.9 Å². The maximum Gasteiger partial charge on any atom is 0.296 e. The van der Waals surface area contributed by atoms with Crippen LogP contribution >= 0.6 is 11.6 Å². The lowest BCUT2D eigenvalue weighted by atomic mass is 10.2. The van der Waals surface area contributed by atoms with Gasteiger partial charge in [0.05, 0.1) is 35.7 Å². The topological polar surface area (TPSA) is 100 Å². The van der Waals surface area contributed by atoms with Crippen LogP contribution < -0.4 is 15.8 Å². The molecule has 0 bridgehead atoms. The minimum absolute atomic E-state index is 0.223. The third-order valence-electron chi connectivity index (χ3n) is 7.21. The van der Waals surface area contributed by atoms with E-state index in [-0.39, 0.29) is 23.5 Å². The maximum absolute atomic E-state index is 13.7. The van der Waals surface area contributed by atoms with Crippen molar-refractivity contribution in [3.05, 3.63) is 75.7 Å². The smallest absolute Gasteiger partial charge is 0.296 e. The lowest BCUT2D eigenvalue weighted by Crippen LogP contribution is -2.49. The molecule has 39 heavy (non-hydrogen) atoms. The molecule has 5 rings (SSSR count). The first-order valence-electron chi connectivity index (χ1n) is 13.1. The first-order valence-corrected chi connectivity index (χ1v) is 14.9. The van der Waals surface area contributed by atoms with Crippen LogP contribution in [0.2, 0.25) is 5.02 Å². The lowest BCUT2D eigenvalue weighted by Gasteiger charge is -2.36. The van der Waals surface area contributed by atoms with Crippen molar-refractivity contribution in [2.75, 3.05) is 75.8 Å².